The fourth-order valence-electron chi connectivity index (χ4n) is 3.48. The summed E-state index contributed by atoms with van der Waals surface area (Å²) in [6, 6.07) is 5.09. The van der Waals surface area contributed by atoms with Gasteiger partial charge in [-0.25, -0.2) is 13.6 Å². The van der Waals surface area contributed by atoms with Crippen molar-refractivity contribution in [1.29, 1.82) is 0 Å². The van der Waals surface area contributed by atoms with Crippen LogP contribution in [0.3, 0.4) is 0 Å². The number of hydrogen-bond donors (Lipinski definition) is 1. The molecule has 0 aliphatic carbocycles. The summed E-state index contributed by atoms with van der Waals surface area (Å²) in [7, 11) is -3.69. The molecule has 126 valence electrons. The molecular formula is C16H23N3O3S. The second kappa shape index (κ2) is 6.13. The molecule has 1 aromatic carbocycles. The molecule has 0 saturated carbocycles. The molecule has 7 heteroatoms. The number of nitrogens with two attached hydrogens (primary N) is 1. The van der Waals surface area contributed by atoms with E-state index in [1.165, 1.54) is 12.5 Å². The number of benzene rings is 1. The first-order valence-corrected chi connectivity index (χ1v) is 9.61. The lowest BCUT2D eigenvalue weighted by Crippen LogP contribution is -2.44. The summed E-state index contributed by atoms with van der Waals surface area (Å²) < 4.78 is 23.0. The highest BCUT2D eigenvalue weighted by Crippen LogP contribution is 2.33. The van der Waals surface area contributed by atoms with Crippen molar-refractivity contribution < 1.29 is 13.2 Å². The van der Waals surface area contributed by atoms with Gasteiger partial charge in [0, 0.05) is 24.8 Å². The Morgan fingerprint density at radius 3 is 2.61 bits per heavy atom. The minimum absolute atomic E-state index is 0.132. The SMILES string of the molecule is C[C@@H]1Cc2cc(S(N)(=O)=O)ccc2N1CC(=O)N1CCCCC1. The predicted molar refractivity (Wildman–Crippen MR) is 88.8 cm³/mol. The third-order valence-corrected chi connectivity index (χ3v) is 5.66. The fourth-order valence-corrected chi connectivity index (χ4v) is 4.04. The van der Waals surface area contributed by atoms with Gasteiger partial charge in [0.25, 0.3) is 0 Å². The van der Waals surface area contributed by atoms with Gasteiger partial charge < -0.3 is 9.80 Å². The fraction of sp³-hybridized carbons (Fsp3) is 0.562. The Hall–Kier alpha value is -1.60. The van der Waals surface area contributed by atoms with E-state index in [0.717, 1.165) is 43.6 Å². The number of anilines is 1. The summed E-state index contributed by atoms with van der Waals surface area (Å²) in [4.78, 5) is 16.6. The maximum atomic E-state index is 12.5. The smallest absolute Gasteiger partial charge is 0.242 e. The van der Waals surface area contributed by atoms with Gasteiger partial charge in [-0.1, -0.05) is 0 Å². The Morgan fingerprint density at radius 2 is 1.96 bits per heavy atom. The van der Waals surface area contributed by atoms with Crippen LogP contribution in [0.25, 0.3) is 0 Å². The van der Waals surface area contributed by atoms with E-state index < -0.39 is 10.0 Å². The minimum Gasteiger partial charge on any atom is -0.359 e. The number of piperidine rings is 1. The first-order valence-electron chi connectivity index (χ1n) is 8.06. The summed E-state index contributed by atoms with van der Waals surface area (Å²) >= 11 is 0. The number of carbonyl (C=O) groups is 1. The molecule has 2 N–H and O–H groups in total. The van der Waals surface area contributed by atoms with Crippen LogP contribution in [-0.2, 0) is 21.2 Å². The van der Waals surface area contributed by atoms with Gasteiger partial charge >= 0.3 is 0 Å². The Bertz CT molecular complexity index is 711. The van der Waals surface area contributed by atoms with E-state index in [2.05, 4.69) is 11.8 Å². The molecule has 1 amide bonds. The standard InChI is InChI=1S/C16H23N3O3S/c1-12-9-13-10-14(23(17,21)22)5-6-15(13)19(12)11-16(20)18-7-3-2-4-8-18/h5-6,10,12H,2-4,7-9,11H2,1H3,(H2,17,21,22)/t12-/m1/s1. The van der Waals surface area contributed by atoms with Crippen LogP contribution in [0.4, 0.5) is 5.69 Å². The maximum absolute atomic E-state index is 12.5. The number of primary sulfonamides is 1. The number of amides is 1. The zero-order chi connectivity index (χ0) is 16.6. The summed E-state index contributed by atoms with van der Waals surface area (Å²) in [5.74, 6) is 0.153. The van der Waals surface area contributed by atoms with Crippen molar-refractivity contribution in [3.05, 3.63) is 23.8 Å². The van der Waals surface area contributed by atoms with Gasteiger partial charge in [0.15, 0.2) is 0 Å². The van der Waals surface area contributed by atoms with Crippen LogP contribution in [0.1, 0.15) is 31.7 Å². The monoisotopic (exact) mass is 337 g/mol. The summed E-state index contributed by atoms with van der Waals surface area (Å²) in [5, 5.41) is 5.20. The second-order valence-electron chi connectivity index (χ2n) is 6.46. The molecule has 2 aliphatic rings. The predicted octanol–water partition coefficient (Wildman–Crippen LogP) is 1.10. The number of hydrogen-bond acceptors (Lipinski definition) is 4. The molecule has 1 fully saturated rings. The summed E-state index contributed by atoms with van der Waals surface area (Å²) in [5.41, 5.74) is 1.88. The third-order valence-electron chi connectivity index (χ3n) is 4.75. The Morgan fingerprint density at radius 1 is 1.26 bits per heavy atom. The maximum Gasteiger partial charge on any atom is 0.242 e. The molecule has 1 atom stereocenters. The van der Waals surface area contributed by atoms with Crippen molar-refractivity contribution in [3.63, 3.8) is 0 Å². The summed E-state index contributed by atoms with van der Waals surface area (Å²) in [6.45, 7) is 4.10. The highest BCUT2D eigenvalue weighted by molar-refractivity contribution is 7.89. The Balaban J connectivity index is 1.79. The molecule has 0 aromatic heterocycles. The van der Waals surface area contributed by atoms with Gasteiger partial charge in [0.05, 0.1) is 11.4 Å². The van der Waals surface area contributed by atoms with E-state index in [1.807, 2.05) is 4.90 Å². The van der Waals surface area contributed by atoms with E-state index in [1.54, 1.807) is 12.1 Å². The number of likely N-dealkylation sites (tertiary alicyclic amines) is 1. The van der Waals surface area contributed by atoms with Crippen molar-refractivity contribution in [2.24, 2.45) is 5.14 Å². The number of nitrogens with zero attached hydrogens (tertiary/aromatic N) is 2. The van der Waals surface area contributed by atoms with Crippen LogP contribution >= 0.6 is 0 Å². The first kappa shape index (κ1) is 16.3. The Kier molecular flexibility index (Phi) is 4.33. The van der Waals surface area contributed by atoms with Crippen molar-refractivity contribution in [1.82, 2.24) is 4.90 Å². The van der Waals surface area contributed by atoms with E-state index in [4.69, 9.17) is 5.14 Å². The average Bonchev–Trinajstić information content (AvgIpc) is 2.82. The van der Waals surface area contributed by atoms with E-state index >= 15 is 0 Å². The van der Waals surface area contributed by atoms with Crippen LogP contribution in [-0.4, -0.2) is 44.9 Å². The lowest BCUT2D eigenvalue weighted by molar-refractivity contribution is -0.130. The van der Waals surface area contributed by atoms with Crippen LogP contribution in [0.5, 0.6) is 0 Å². The molecule has 0 unspecified atom stereocenters. The number of fused-ring (bicyclic) bond motifs is 1. The zero-order valence-electron chi connectivity index (χ0n) is 13.4. The van der Waals surface area contributed by atoms with Crippen molar-refractivity contribution in [2.45, 2.75) is 43.5 Å². The molecule has 23 heavy (non-hydrogen) atoms. The van der Waals surface area contributed by atoms with Crippen LogP contribution in [0.15, 0.2) is 23.1 Å². The molecule has 0 spiro atoms. The molecule has 6 nitrogen and oxygen atoms in total. The largest absolute Gasteiger partial charge is 0.359 e. The lowest BCUT2D eigenvalue weighted by atomic mass is 10.1. The first-order chi connectivity index (χ1) is 10.9. The summed E-state index contributed by atoms with van der Waals surface area (Å²) in [6.07, 6.45) is 4.08. The highest BCUT2D eigenvalue weighted by atomic mass is 32.2. The lowest BCUT2D eigenvalue weighted by Gasteiger charge is -2.31. The quantitative estimate of drug-likeness (QED) is 0.895. The van der Waals surface area contributed by atoms with Gasteiger partial charge in [-0.2, -0.15) is 0 Å². The molecular weight excluding hydrogens is 314 g/mol. The van der Waals surface area contributed by atoms with Crippen LogP contribution in [0.2, 0.25) is 0 Å². The molecule has 1 saturated heterocycles. The molecule has 1 aromatic rings. The van der Waals surface area contributed by atoms with E-state index in [-0.39, 0.29) is 16.8 Å². The minimum atomic E-state index is -3.69. The molecule has 0 radical (unpaired) electrons. The number of carbonyl (C=O) groups excluding carboxylic acids is 1. The zero-order valence-corrected chi connectivity index (χ0v) is 14.2. The highest BCUT2D eigenvalue weighted by Gasteiger charge is 2.30. The average molecular weight is 337 g/mol. The van der Waals surface area contributed by atoms with Gasteiger partial charge in [0.1, 0.15) is 0 Å². The van der Waals surface area contributed by atoms with Crippen molar-refractivity contribution >= 4 is 21.6 Å². The number of sulfonamides is 1. The van der Waals surface area contributed by atoms with Crippen molar-refractivity contribution in [3.8, 4) is 0 Å². The Labute approximate surface area is 137 Å². The topological polar surface area (TPSA) is 83.7 Å². The van der Waals surface area contributed by atoms with Gasteiger partial charge in [0.2, 0.25) is 15.9 Å². The molecule has 3 rings (SSSR count). The second-order valence-corrected chi connectivity index (χ2v) is 8.02. The van der Waals surface area contributed by atoms with Gasteiger partial charge in [-0.15, -0.1) is 0 Å². The normalized spacial score (nSPS) is 21.4. The van der Waals surface area contributed by atoms with Crippen LogP contribution < -0.4 is 10.0 Å². The van der Waals surface area contributed by atoms with Crippen molar-refractivity contribution in [2.75, 3.05) is 24.5 Å². The molecule has 0 bridgehead atoms. The molecule has 2 aliphatic heterocycles. The van der Waals surface area contributed by atoms with Gasteiger partial charge in [-0.05, 0) is 56.4 Å². The van der Waals surface area contributed by atoms with Gasteiger partial charge in [-0.3, -0.25) is 4.79 Å². The van der Waals surface area contributed by atoms with E-state index in [9.17, 15) is 13.2 Å². The third kappa shape index (κ3) is 3.35. The number of rotatable bonds is 3. The van der Waals surface area contributed by atoms with Crippen LogP contribution in [0, 0.1) is 0 Å². The molecule has 2 heterocycles. The van der Waals surface area contributed by atoms with E-state index in [0.29, 0.717) is 6.54 Å².